The first-order chi connectivity index (χ1) is 38.5. The summed E-state index contributed by atoms with van der Waals surface area (Å²) in [7, 11) is 0. The van der Waals surface area contributed by atoms with Crippen molar-refractivity contribution in [1.82, 2.24) is 25.9 Å². The van der Waals surface area contributed by atoms with Crippen LogP contribution < -0.4 is 42.1 Å². The molecule has 0 spiro atoms. The zero-order valence-electron chi connectivity index (χ0n) is 50.9. The van der Waals surface area contributed by atoms with E-state index in [1.54, 1.807) is 77.6 Å². The van der Waals surface area contributed by atoms with Gasteiger partial charge in [-0.05, 0) is 154 Å². The summed E-state index contributed by atoms with van der Waals surface area (Å²) in [6.45, 7) is 27.4. The predicted molar refractivity (Wildman–Crippen MR) is 323 cm³/mol. The number of alkyl carbamates (subject to hydrolysis) is 1. The van der Waals surface area contributed by atoms with E-state index in [-0.39, 0.29) is 67.1 Å². The number of aromatic nitrogens is 2. The summed E-state index contributed by atoms with van der Waals surface area (Å²) in [4.78, 5) is 106. The third-order valence-electron chi connectivity index (χ3n) is 13.4. The van der Waals surface area contributed by atoms with Crippen LogP contribution in [-0.4, -0.2) is 105 Å². The summed E-state index contributed by atoms with van der Waals surface area (Å²) in [6.07, 6.45) is 4.45. The van der Waals surface area contributed by atoms with Gasteiger partial charge in [-0.3, -0.25) is 38.7 Å². The van der Waals surface area contributed by atoms with Gasteiger partial charge in [0.2, 0.25) is 23.6 Å². The van der Waals surface area contributed by atoms with Gasteiger partial charge in [-0.15, -0.1) is 0 Å². The zero-order valence-corrected chi connectivity index (χ0v) is 50.9. The molecular weight excluding hydrogens is 1040 g/mol. The van der Waals surface area contributed by atoms with Crippen LogP contribution in [0.4, 0.5) is 27.5 Å². The Morgan fingerprint density at radius 3 is 1.38 bits per heavy atom. The van der Waals surface area contributed by atoms with E-state index in [9.17, 15) is 33.6 Å². The molecular formula is C63H92N10O9. The number of anilines is 4. The van der Waals surface area contributed by atoms with Crippen LogP contribution in [0.3, 0.4) is 0 Å². The first kappa shape index (κ1) is 67.3. The Labute approximate surface area is 486 Å². The number of nitrogens with zero attached hydrogens (tertiary/aromatic N) is 4. The van der Waals surface area contributed by atoms with Gasteiger partial charge in [0.05, 0.1) is 64.8 Å². The Hall–Kier alpha value is -7.25. The number of amides is 5. The molecule has 0 saturated carbocycles. The van der Waals surface area contributed by atoms with Crippen molar-refractivity contribution in [2.75, 3.05) is 40.1 Å². The number of carbonyl (C=O) groups is 7. The fourth-order valence-corrected chi connectivity index (χ4v) is 9.68. The number of nitrogens with one attached hydrogen (secondary N) is 5. The number of Topliss-reactive ketones (excluding diaryl/α,β-unsaturated/α-hetero) is 2. The van der Waals surface area contributed by atoms with Gasteiger partial charge < -0.3 is 52.0 Å². The topological polar surface area (TPSA) is 267 Å². The molecule has 2 aromatic carbocycles. The van der Waals surface area contributed by atoms with E-state index in [0.717, 1.165) is 51.8 Å². The second kappa shape index (κ2) is 30.7. The van der Waals surface area contributed by atoms with Crippen LogP contribution in [0.25, 0.3) is 0 Å². The Balaban J connectivity index is 0.000000341. The number of pyridine rings is 2. The van der Waals surface area contributed by atoms with Gasteiger partial charge in [0.1, 0.15) is 11.1 Å². The fraction of sp³-hybridized carbons (Fsp3) is 0.540. The Morgan fingerprint density at radius 2 is 1.04 bits per heavy atom. The third kappa shape index (κ3) is 20.0. The molecule has 4 aromatic rings. The van der Waals surface area contributed by atoms with Crippen molar-refractivity contribution in [2.45, 2.75) is 177 Å². The summed E-state index contributed by atoms with van der Waals surface area (Å²) in [5.74, 6) is -2.37. The van der Waals surface area contributed by atoms with Crippen molar-refractivity contribution in [3.05, 3.63) is 108 Å². The lowest BCUT2D eigenvalue weighted by atomic mass is 9.85. The summed E-state index contributed by atoms with van der Waals surface area (Å²) in [5, 5.41) is 22.6. The van der Waals surface area contributed by atoms with Crippen LogP contribution in [-0.2, 0) is 59.4 Å². The van der Waals surface area contributed by atoms with Crippen LogP contribution in [0.5, 0.6) is 0 Å². The number of fused-ring (bicyclic) bond motifs is 2. The molecule has 0 fully saturated rings. The van der Waals surface area contributed by atoms with Crippen LogP contribution in [0, 0.1) is 23.7 Å². The van der Waals surface area contributed by atoms with Gasteiger partial charge in [-0.2, -0.15) is 0 Å². The third-order valence-corrected chi connectivity index (χ3v) is 13.4. The Morgan fingerprint density at radius 1 is 0.634 bits per heavy atom. The van der Waals surface area contributed by atoms with Crippen LogP contribution in [0.15, 0.2) is 85.2 Å². The summed E-state index contributed by atoms with van der Waals surface area (Å²) >= 11 is 0. The minimum absolute atomic E-state index is 0.0278. The second-order valence-corrected chi connectivity index (χ2v) is 23.9. The van der Waals surface area contributed by atoms with Gasteiger partial charge in [0, 0.05) is 56.8 Å². The number of nitrogens with two attached hydrogens (primary N) is 1. The molecule has 19 nitrogen and oxygen atoms in total. The first-order valence-electron chi connectivity index (χ1n) is 28.8. The van der Waals surface area contributed by atoms with Crippen LogP contribution >= 0.6 is 0 Å². The number of carbonyl (C=O) groups excluding carboxylic acids is 7. The van der Waals surface area contributed by atoms with E-state index < -0.39 is 52.6 Å². The summed E-state index contributed by atoms with van der Waals surface area (Å²) in [6, 6.07) is 21.5. The smallest absolute Gasteiger partial charge is 0.408 e. The van der Waals surface area contributed by atoms with Crippen molar-refractivity contribution in [3.63, 3.8) is 0 Å². The average molecular weight is 1130 g/mol. The highest BCUT2D eigenvalue weighted by atomic mass is 16.6. The number of rotatable bonds is 23. The molecule has 4 heterocycles. The van der Waals surface area contributed by atoms with Crippen LogP contribution in [0.2, 0.25) is 0 Å². The minimum Gasteiger partial charge on any atom is -0.444 e. The van der Waals surface area contributed by atoms with Gasteiger partial charge >= 0.3 is 6.09 Å². The Kier molecular flexibility index (Phi) is 25.2. The molecule has 0 aliphatic carbocycles. The van der Waals surface area contributed by atoms with E-state index >= 15 is 0 Å². The van der Waals surface area contributed by atoms with Gasteiger partial charge in [-0.25, -0.2) is 4.79 Å². The number of benzene rings is 2. The Bertz CT molecular complexity index is 2780. The molecule has 5 amide bonds. The highest BCUT2D eigenvalue weighted by Gasteiger charge is 2.41. The number of ether oxygens (including phenoxy) is 1. The monoisotopic (exact) mass is 1130 g/mol. The van der Waals surface area contributed by atoms with E-state index in [4.69, 9.17) is 15.6 Å². The van der Waals surface area contributed by atoms with Crippen molar-refractivity contribution in [3.8, 4) is 0 Å². The maximum atomic E-state index is 14.0. The number of aliphatic hydroxyl groups excluding tert-OH is 1. The largest absolute Gasteiger partial charge is 0.444 e. The standard InChI is InChI=1S/C33H47N5O5.C28H39N5O3.C2H6O/c1-9-34-25-15-12-13-22-18-23(29(40)38(28(22)25)20-24-14-10-11-16-35-24)19-27(39)26(17-21(2)3)36-30(41)33(7,8)37-31(42)43-32(4,5)6;1-6-30-22-12-9-10-19-15-20(26(35)33(25(19)22)17-21-11-7-8-13-31-21)16-24(34)23(14-18(2)3)32-27(36)28(4,5)29;1-2-3/h10-16,21,23,26,34H,9,17-20H2,1-8H3,(H,36,41)(H,37,42);7-13,18,20,23,30H,6,14-17,29H2,1-5H3,(H,32,36);3H,2H2,1H3/t23?,26-;20?,23-;/m11./s1. The number of aliphatic hydroxyl groups is 1. The molecule has 8 N–H and O–H groups in total. The minimum atomic E-state index is -1.33. The van der Waals surface area contributed by atoms with E-state index in [1.807, 2.05) is 114 Å². The van der Waals surface area contributed by atoms with Crippen LogP contribution in [0.1, 0.15) is 145 Å². The highest BCUT2D eigenvalue weighted by molar-refractivity contribution is 6.05. The molecule has 2 aliphatic rings. The predicted octanol–water partition coefficient (Wildman–Crippen LogP) is 8.46. The van der Waals surface area contributed by atoms with Gasteiger partial charge in [-0.1, -0.05) is 64.1 Å². The lowest BCUT2D eigenvalue weighted by Crippen LogP contribution is -2.58. The van der Waals surface area contributed by atoms with Crippen molar-refractivity contribution < 1.29 is 43.4 Å². The van der Waals surface area contributed by atoms with Crippen molar-refractivity contribution in [2.24, 2.45) is 29.4 Å². The number of hydrogen-bond donors (Lipinski definition) is 7. The maximum absolute atomic E-state index is 14.0. The number of ketones is 2. The highest BCUT2D eigenvalue weighted by Crippen LogP contribution is 2.41. The molecule has 19 heteroatoms. The lowest BCUT2D eigenvalue weighted by Gasteiger charge is -2.36. The SMILES string of the molecule is CCNc1cccc2c1N(Cc1ccccn1)C(=O)C(CC(=O)[C@@H](CC(C)C)NC(=O)C(C)(C)N)C2.CCNc1cccc2c1N(Cc1ccccn1)C(=O)C(CC(=O)[C@@H](CC(C)C)NC(=O)C(C)(C)NC(=O)OC(C)(C)C)C2.CCO. The summed E-state index contributed by atoms with van der Waals surface area (Å²) in [5.41, 5.74) is 9.68. The molecule has 2 aromatic heterocycles. The fourth-order valence-electron chi connectivity index (χ4n) is 9.68. The molecule has 2 aliphatic heterocycles. The normalized spacial score (nSPS) is 15.8. The summed E-state index contributed by atoms with van der Waals surface area (Å²) < 4.78 is 5.31. The van der Waals surface area contributed by atoms with Crippen molar-refractivity contribution >= 4 is 64.0 Å². The molecule has 6 rings (SSSR count). The lowest BCUT2D eigenvalue weighted by molar-refractivity contribution is -0.133. The molecule has 82 heavy (non-hydrogen) atoms. The van der Waals surface area contributed by atoms with E-state index in [2.05, 4.69) is 36.6 Å². The number of para-hydroxylation sites is 2. The van der Waals surface area contributed by atoms with Crippen molar-refractivity contribution in [1.29, 1.82) is 0 Å². The van der Waals surface area contributed by atoms with E-state index in [0.29, 0.717) is 38.8 Å². The number of hydrogen-bond acceptors (Lipinski definition) is 14. The molecule has 4 atom stereocenters. The maximum Gasteiger partial charge on any atom is 0.408 e. The quantitative estimate of drug-likeness (QED) is 0.0367. The molecule has 448 valence electrons. The van der Waals surface area contributed by atoms with Gasteiger partial charge in [0.25, 0.3) is 0 Å². The molecule has 0 bridgehead atoms. The van der Waals surface area contributed by atoms with E-state index in [1.165, 1.54) is 0 Å². The molecule has 0 saturated heterocycles. The molecule has 2 unspecified atom stereocenters. The zero-order chi connectivity index (χ0) is 61.1. The first-order valence-corrected chi connectivity index (χ1v) is 28.8. The second-order valence-electron chi connectivity index (χ2n) is 23.9. The average Bonchev–Trinajstić information content (AvgIpc) is 3.36. The molecule has 0 radical (unpaired) electrons. The van der Waals surface area contributed by atoms with Gasteiger partial charge in [0.15, 0.2) is 11.6 Å².